The first kappa shape index (κ1) is 14.6. The first-order valence-corrected chi connectivity index (χ1v) is 6.76. The molecule has 0 bridgehead atoms. The molecule has 2 N–H and O–H groups in total. The summed E-state index contributed by atoms with van der Waals surface area (Å²) in [5.41, 5.74) is 1.17. The highest BCUT2D eigenvalue weighted by atomic mass is 35.5. The van der Waals surface area contributed by atoms with Crippen molar-refractivity contribution in [3.63, 3.8) is 0 Å². The Bertz CT molecular complexity index is 586. The summed E-state index contributed by atoms with van der Waals surface area (Å²) in [4.78, 5) is 12.1. The third-order valence-electron chi connectivity index (χ3n) is 3.09. The molecular formula is C16H16ClNO2. The number of rotatable bonds is 4. The average Bonchev–Trinajstić information content (AvgIpc) is 2.47. The highest BCUT2D eigenvalue weighted by molar-refractivity contribution is 6.33. The zero-order chi connectivity index (χ0) is 14.5. The van der Waals surface area contributed by atoms with Gasteiger partial charge >= 0.3 is 0 Å². The molecule has 0 saturated carbocycles. The summed E-state index contributed by atoms with van der Waals surface area (Å²) in [7, 11) is 0. The molecule has 0 aromatic heterocycles. The minimum atomic E-state index is -0.761. The van der Waals surface area contributed by atoms with Crippen molar-refractivity contribution < 1.29 is 9.90 Å². The zero-order valence-corrected chi connectivity index (χ0v) is 11.8. The lowest BCUT2D eigenvalue weighted by Gasteiger charge is -2.20. The van der Waals surface area contributed by atoms with Crippen molar-refractivity contribution in [2.75, 3.05) is 0 Å². The molecule has 104 valence electrons. The van der Waals surface area contributed by atoms with E-state index in [1.165, 1.54) is 0 Å². The third kappa shape index (κ3) is 3.38. The van der Waals surface area contributed by atoms with E-state index < -0.39 is 12.1 Å². The maximum Gasteiger partial charge on any atom is 0.253 e. The molecule has 0 aliphatic rings. The van der Waals surface area contributed by atoms with Crippen molar-refractivity contribution in [3.05, 3.63) is 70.7 Å². The number of nitrogens with one attached hydrogen (secondary N) is 1. The van der Waals surface area contributed by atoms with Gasteiger partial charge in [0.1, 0.15) is 0 Å². The highest BCUT2D eigenvalue weighted by Crippen LogP contribution is 2.18. The maximum atomic E-state index is 12.1. The number of aliphatic hydroxyl groups is 1. The van der Waals surface area contributed by atoms with Crippen LogP contribution in [0.1, 0.15) is 28.9 Å². The van der Waals surface area contributed by atoms with Gasteiger partial charge in [0.05, 0.1) is 22.7 Å². The van der Waals surface area contributed by atoms with Gasteiger partial charge in [-0.1, -0.05) is 54.1 Å². The molecule has 2 unspecified atom stereocenters. The first-order valence-electron chi connectivity index (χ1n) is 6.38. The lowest BCUT2D eigenvalue weighted by atomic mass is 10.0. The quantitative estimate of drug-likeness (QED) is 0.908. The Balaban J connectivity index is 2.07. The van der Waals surface area contributed by atoms with E-state index in [2.05, 4.69) is 5.32 Å². The monoisotopic (exact) mass is 289 g/mol. The number of halogens is 1. The summed E-state index contributed by atoms with van der Waals surface area (Å²) in [5, 5.41) is 13.4. The average molecular weight is 290 g/mol. The SMILES string of the molecule is CC(NC(=O)c1ccccc1Cl)C(O)c1ccccc1. The molecule has 20 heavy (non-hydrogen) atoms. The van der Waals surface area contributed by atoms with Crippen LogP contribution < -0.4 is 5.32 Å². The third-order valence-corrected chi connectivity index (χ3v) is 3.42. The largest absolute Gasteiger partial charge is 0.386 e. The van der Waals surface area contributed by atoms with E-state index in [0.717, 1.165) is 5.56 Å². The second kappa shape index (κ2) is 6.55. The van der Waals surface area contributed by atoms with Crippen molar-refractivity contribution in [2.45, 2.75) is 19.1 Å². The second-order valence-corrected chi connectivity index (χ2v) is 5.00. The van der Waals surface area contributed by atoms with Crippen LogP contribution in [-0.2, 0) is 0 Å². The Morgan fingerprint density at radius 2 is 1.70 bits per heavy atom. The summed E-state index contributed by atoms with van der Waals surface area (Å²) in [6, 6.07) is 15.6. The normalized spacial score (nSPS) is 13.6. The number of benzene rings is 2. The van der Waals surface area contributed by atoms with Gasteiger partial charge in [0, 0.05) is 0 Å². The van der Waals surface area contributed by atoms with Crippen molar-refractivity contribution >= 4 is 17.5 Å². The van der Waals surface area contributed by atoms with Gasteiger partial charge in [-0.25, -0.2) is 0 Å². The van der Waals surface area contributed by atoms with Gasteiger partial charge in [-0.15, -0.1) is 0 Å². The molecule has 2 atom stereocenters. The van der Waals surface area contributed by atoms with Crippen LogP contribution in [0.3, 0.4) is 0 Å². The van der Waals surface area contributed by atoms with E-state index >= 15 is 0 Å². The van der Waals surface area contributed by atoms with Crippen LogP contribution in [0.5, 0.6) is 0 Å². The van der Waals surface area contributed by atoms with Crippen LogP contribution in [0, 0.1) is 0 Å². The van der Waals surface area contributed by atoms with Crippen molar-refractivity contribution in [3.8, 4) is 0 Å². The number of carbonyl (C=O) groups excluding carboxylic acids is 1. The van der Waals surface area contributed by atoms with Crippen molar-refractivity contribution in [1.29, 1.82) is 0 Å². The van der Waals surface area contributed by atoms with Crippen molar-refractivity contribution in [2.24, 2.45) is 0 Å². The van der Waals surface area contributed by atoms with Gasteiger partial charge in [-0.2, -0.15) is 0 Å². The molecule has 0 heterocycles. The minimum Gasteiger partial charge on any atom is -0.386 e. The predicted molar refractivity (Wildman–Crippen MR) is 79.8 cm³/mol. The smallest absolute Gasteiger partial charge is 0.253 e. The number of aliphatic hydroxyl groups excluding tert-OH is 1. The lowest BCUT2D eigenvalue weighted by Crippen LogP contribution is -2.37. The number of carbonyl (C=O) groups is 1. The second-order valence-electron chi connectivity index (χ2n) is 4.60. The summed E-state index contributed by atoms with van der Waals surface area (Å²) < 4.78 is 0. The standard InChI is InChI=1S/C16H16ClNO2/c1-11(15(19)12-7-3-2-4-8-12)18-16(20)13-9-5-6-10-14(13)17/h2-11,15,19H,1H3,(H,18,20). The van der Waals surface area contributed by atoms with E-state index in [0.29, 0.717) is 10.6 Å². The van der Waals surface area contributed by atoms with Gasteiger partial charge in [0.2, 0.25) is 0 Å². The van der Waals surface area contributed by atoms with E-state index in [1.54, 1.807) is 31.2 Å². The van der Waals surface area contributed by atoms with Crippen LogP contribution in [0.4, 0.5) is 0 Å². The molecule has 0 fully saturated rings. The van der Waals surface area contributed by atoms with Gasteiger partial charge in [0.25, 0.3) is 5.91 Å². The molecule has 0 aliphatic heterocycles. The van der Waals surface area contributed by atoms with Crippen LogP contribution >= 0.6 is 11.6 Å². The van der Waals surface area contributed by atoms with E-state index in [-0.39, 0.29) is 5.91 Å². The molecular weight excluding hydrogens is 274 g/mol. The molecule has 1 amide bonds. The molecule has 0 spiro atoms. The minimum absolute atomic E-state index is 0.293. The van der Waals surface area contributed by atoms with Crippen molar-refractivity contribution in [1.82, 2.24) is 5.32 Å². The van der Waals surface area contributed by atoms with E-state index in [1.807, 2.05) is 30.3 Å². The van der Waals surface area contributed by atoms with Crippen LogP contribution in [0.15, 0.2) is 54.6 Å². The number of amides is 1. The summed E-state index contributed by atoms with van der Waals surface area (Å²) >= 11 is 5.98. The molecule has 2 aromatic rings. The molecule has 0 aliphatic carbocycles. The summed E-state index contributed by atoms with van der Waals surface area (Å²) in [6.45, 7) is 1.76. The Morgan fingerprint density at radius 1 is 1.10 bits per heavy atom. The van der Waals surface area contributed by atoms with E-state index in [4.69, 9.17) is 11.6 Å². The number of hydrogen-bond donors (Lipinski definition) is 2. The summed E-state index contributed by atoms with van der Waals surface area (Å²) in [5.74, 6) is -0.293. The Labute approximate surface area is 123 Å². The van der Waals surface area contributed by atoms with Crippen LogP contribution in [0.2, 0.25) is 5.02 Å². The zero-order valence-electron chi connectivity index (χ0n) is 11.1. The Morgan fingerprint density at radius 3 is 2.35 bits per heavy atom. The predicted octanol–water partition coefficient (Wildman–Crippen LogP) is 3.19. The molecule has 3 nitrogen and oxygen atoms in total. The van der Waals surface area contributed by atoms with E-state index in [9.17, 15) is 9.90 Å². The van der Waals surface area contributed by atoms with Crippen LogP contribution in [-0.4, -0.2) is 17.1 Å². The van der Waals surface area contributed by atoms with Gasteiger partial charge in [0.15, 0.2) is 0 Å². The molecule has 2 rings (SSSR count). The fourth-order valence-corrected chi connectivity index (χ4v) is 2.17. The molecule has 2 aromatic carbocycles. The lowest BCUT2D eigenvalue weighted by molar-refractivity contribution is 0.0852. The molecule has 0 saturated heterocycles. The Kier molecular flexibility index (Phi) is 4.77. The Hall–Kier alpha value is -1.84. The van der Waals surface area contributed by atoms with Gasteiger partial charge in [-0.05, 0) is 24.6 Å². The first-order chi connectivity index (χ1) is 9.59. The highest BCUT2D eigenvalue weighted by Gasteiger charge is 2.19. The van der Waals surface area contributed by atoms with Crippen LogP contribution in [0.25, 0.3) is 0 Å². The summed E-state index contributed by atoms with van der Waals surface area (Å²) in [6.07, 6.45) is -0.761. The molecule has 0 radical (unpaired) electrons. The fraction of sp³-hybridized carbons (Fsp3) is 0.188. The topological polar surface area (TPSA) is 49.3 Å². The van der Waals surface area contributed by atoms with Gasteiger partial charge < -0.3 is 10.4 Å². The number of hydrogen-bond acceptors (Lipinski definition) is 2. The van der Waals surface area contributed by atoms with Gasteiger partial charge in [-0.3, -0.25) is 4.79 Å². The molecule has 4 heteroatoms. The maximum absolute atomic E-state index is 12.1. The fourth-order valence-electron chi connectivity index (χ4n) is 1.95.